The van der Waals surface area contributed by atoms with Gasteiger partial charge in [-0.2, -0.15) is 0 Å². The molecule has 3 rings (SSSR count). The average molecular weight is 365 g/mol. The Kier molecular flexibility index (Phi) is 6.47. The van der Waals surface area contributed by atoms with Crippen LogP contribution in [0.2, 0.25) is 0 Å². The minimum atomic E-state index is -0.0545. The minimum absolute atomic E-state index is 0.0545. The van der Waals surface area contributed by atoms with Crippen LogP contribution in [0.15, 0.2) is 54.6 Å². The van der Waals surface area contributed by atoms with Crippen LogP contribution in [-0.2, 0) is 11.3 Å². The molecular weight excluding hydrogens is 338 g/mol. The van der Waals surface area contributed by atoms with Gasteiger partial charge >= 0.3 is 0 Å². The maximum atomic E-state index is 12.3. The van der Waals surface area contributed by atoms with Crippen molar-refractivity contribution in [2.75, 3.05) is 31.6 Å². The number of anilines is 1. The molecule has 1 fully saturated rings. The Bertz CT molecular complexity index is 759. The van der Waals surface area contributed by atoms with E-state index in [0.29, 0.717) is 25.1 Å². The van der Waals surface area contributed by atoms with Crippen LogP contribution in [-0.4, -0.2) is 43.4 Å². The molecule has 0 saturated carbocycles. The number of likely N-dealkylation sites (tertiary alicyclic amines) is 1. The first-order valence-electron chi connectivity index (χ1n) is 9.54. The molecule has 1 N–H and O–H groups in total. The first-order valence-corrected chi connectivity index (χ1v) is 9.54. The molecule has 2 aromatic rings. The molecule has 2 aromatic carbocycles. The topological polar surface area (TPSA) is 52.7 Å². The second-order valence-electron chi connectivity index (χ2n) is 6.98. The van der Waals surface area contributed by atoms with Crippen LogP contribution in [0.5, 0.6) is 0 Å². The lowest BCUT2D eigenvalue weighted by Gasteiger charge is -2.19. The van der Waals surface area contributed by atoms with Gasteiger partial charge in [-0.15, -0.1) is 0 Å². The molecule has 1 saturated heterocycles. The van der Waals surface area contributed by atoms with Gasteiger partial charge in [-0.05, 0) is 42.7 Å². The van der Waals surface area contributed by atoms with Gasteiger partial charge in [0.1, 0.15) is 0 Å². The van der Waals surface area contributed by atoms with Crippen molar-refractivity contribution in [3.8, 4) is 0 Å². The molecule has 0 aliphatic carbocycles. The van der Waals surface area contributed by atoms with E-state index in [-0.39, 0.29) is 11.8 Å². The average Bonchev–Trinajstić information content (AvgIpc) is 3.10. The second-order valence-corrected chi connectivity index (χ2v) is 6.98. The maximum Gasteiger partial charge on any atom is 0.251 e. The number of amides is 2. The smallest absolute Gasteiger partial charge is 0.251 e. The number of carbonyl (C=O) groups is 2. The summed E-state index contributed by atoms with van der Waals surface area (Å²) in [6.07, 6.45) is 2.48. The van der Waals surface area contributed by atoms with Gasteiger partial charge < -0.3 is 15.1 Å². The molecule has 27 heavy (non-hydrogen) atoms. The summed E-state index contributed by atoms with van der Waals surface area (Å²) in [5.74, 6) is 0.165. The lowest BCUT2D eigenvalue weighted by molar-refractivity contribution is -0.128. The number of nitrogens with one attached hydrogen (secondary N) is 1. The molecule has 5 heteroatoms. The first-order chi connectivity index (χ1) is 13.1. The Labute approximate surface area is 161 Å². The van der Waals surface area contributed by atoms with Crippen molar-refractivity contribution in [3.63, 3.8) is 0 Å². The van der Waals surface area contributed by atoms with Crippen LogP contribution in [0, 0.1) is 0 Å². The third-order valence-electron chi connectivity index (χ3n) is 4.91. The van der Waals surface area contributed by atoms with Gasteiger partial charge in [0.15, 0.2) is 0 Å². The van der Waals surface area contributed by atoms with E-state index in [9.17, 15) is 9.59 Å². The fourth-order valence-corrected chi connectivity index (χ4v) is 3.28. The normalized spacial score (nSPS) is 13.7. The van der Waals surface area contributed by atoms with E-state index in [1.165, 1.54) is 5.69 Å². The van der Waals surface area contributed by atoms with E-state index >= 15 is 0 Å². The number of rotatable bonds is 8. The monoisotopic (exact) mass is 365 g/mol. The standard InChI is InChI=1S/C22H27N3O2/c1-24(20-7-3-2-4-8-20)15-6-14-23-22(27)19-12-10-18(11-13-19)17-25-16-5-9-21(25)26/h2-4,7-8,10-13H,5-6,9,14-17H2,1H3,(H,23,27). The molecule has 0 unspecified atom stereocenters. The summed E-state index contributed by atoms with van der Waals surface area (Å²) in [5.41, 5.74) is 2.89. The van der Waals surface area contributed by atoms with Crippen LogP contribution in [0.3, 0.4) is 0 Å². The predicted octanol–water partition coefficient (Wildman–Crippen LogP) is 3.07. The Morgan fingerprint density at radius 2 is 1.85 bits per heavy atom. The van der Waals surface area contributed by atoms with Gasteiger partial charge in [0.2, 0.25) is 5.91 Å². The minimum Gasteiger partial charge on any atom is -0.375 e. The maximum absolute atomic E-state index is 12.3. The largest absolute Gasteiger partial charge is 0.375 e. The van der Waals surface area contributed by atoms with E-state index in [1.54, 1.807) is 0 Å². The van der Waals surface area contributed by atoms with Crippen LogP contribution in [0.25, 0.3) is 0 Å². The van der Waals surface area contributed by atoms with Crippen molar-refractivity contribution in [2.24, 2.45) is 0 Å². The van der Waals surface area contributed by atoms with Crippen LogP contribution in [0.4, 0.5) is 5.69 Å². The molecule has 0 bridgehead atoms. The Hall–Kier alpha value is -2.82. The summed E-state index contributed by atoms with van der Waals surface area (Å²) in [5, 5.41) is 2.98. The molecule has 0 radical (unpaired) electrons. The molecular formula is C22H27N3O2. The molecule has 0 atom stereocenters. The second kappa shape index (κ2) is 9.21. The molecule has 2 amide bonds. The van der Waals surface area contributed by atoms with Crippen molar-refractivity contribution in [3.05, 3.63) is 65.7 Å². The molecule has 0 spiro atoms. The SMILES string of the molecule is CN(CCCNC(=O)c1ccc(CN2CCCC2=O)cc1)c1ccccc1. The van der Waals surface area contributed by atoms with Gasteiger partial charge in [-0.3, -0.25) is 9.59 Å². The summed E-state index contributed by atoms with van der Waals surface area (Å²) in [6.45, 7) is 2.98. The Morgan fingerprint density at radius 3 is 2.52 bits per heavy atom. The van der Waals surface area contributed by atoms with Crippen molar-refractivity contribution in [1.29, 1.82) is 0 Å². The van der Waals surface area contributed by atoms with Gasteiger partial charge in [0.25, 0.3) is 5.91 Å². The number of hydrogen-bond donors (Lipinski definition) is 1. The first kappa shape index (κ1) is 19.0. The van der Waals surface area contributed by atoms with Crippen molar-refractivity contribution < 1.29 is 9.59 Å². The molecule has 1 heterocycles. The van der Waals surface area contributed by atoms with E-state index in [4.69, 9.17) is 0 Å². The van der Waals surface area contributed by atoms with Gasteiger partial charge in [0, 0.05) is 50.9 Å². The molecule has 0 aromatic heterocycles. The fourth-order valence-electron chi connectivity index (χ4n) is 3.28. The lowest BCUT2D eigenvalue weighted by atomic mass is 10.1. The van der Waals surface area contributed by atoms with E-state index in [2.05, 4.69) is 29.4 Å². The fraction of sp³-hybridized carbons (Fsp3) is 0.364. The zero-order valence-electron chi connectivity index (χ0n) is 15.9. The van der Waals surface area contributed by atoms with E-state index in [1.807, 2.05) is 47.4 Å². The van der Waals surface area contributed by atoms with Gasteiger partial charge in [-0.1, -0.05) is 30.3 Å². The molecule has 1 aliphatic rings. The number of carbonyl (C=O) groups excluding carboxylic acids is 2. The highest BCUT2D eigenvalue weighted by Crippen LogP contribution is 2.15. The summed E-state index contributed by atoms with van der Waals surface area (Å²) in [6, 6.07) is 17.8. The number of para-hydroxylation sites is 1. The summed E-state index contributed by atoms with van der Waals surface area (Å²) < 4.78 is 0. The van der Waals surface area contributed by atoms with Crippen LogP contribution in [0.1, 0.15) is 35.2 Å². The summed E-state index contributed by atoms with van der Waals surface area (Å²) in [4.78, 5) is 28.0. The quantitative estimate of drug-likeness (QED) is 0.732. The molecule has 5 nitrogen and oxygen atoms in total. The van der Waals surface area contributed by atoms with Gasteiger partial charge in [-0.25, -0.2) is 0 Å². The predicted molar refractivity (Wildman–Crippen MR) is 108 cm³/mol. The summed E-state index contributed by atoms with van der Waals surface area (Å²) >= 11 is 0. The highest BCUT2D eigenvalue weighted by molar-refractivity contribution is 5.94. The Morgan fingerprint density at radius 1 is 1.11 bits per heavy atom. The third-order valence-corrected chi connectivity index (χ3v) is 4.91. The van der Waals surface area contributed by atoms with Crippen molar-refractivity contribution in [2.45, 2.75) is 25.8 Å². The number of benzene rings is 2. The molecule has 142 valence electrons. The number of nitrogens with zero attached hydrogens (tertiary/aromatic N) is 2. The van der Waals surface area contributed by atoms with E-state index < -0.39 is 0 Å². The number of hydrogen-bond acceptors (Lipinski definition) is 3. The Balaban J connectivity index is 1.41. The van der Waals surface area contributed by atoms with E-state index in [0.717, 1.165) is 31.5 Å². The third kappa shape index (κ3) is 5.33. The zero-order valence-corrected chi connectivity index (χ0v) is 15.9. The lowest BCUT2D eigenvalue weighted by Crippen LogP contribution is -2.28. The van der Waals surface area contributed by atoms with Crippen LogP contribution >= 0.6 is 0 Å². The highest BCUT2D eigenvalue weighted by Gasteiger charge is 2.19. The van der Waals surface area contributed by atoms with Crippen molar-refractivity contribution >= 4 is 17.5 Å². The molecule has 1 aliphatic heterocycles. The van der Waals surface area contributed by atoms with Crippen LogP contribution < -0.4 is 10.2 Å². The summed E-state index contributed by atoms with van der Waals surface area (Å²) in [7, 11) is 2.06. The highest BCUT2D eigenvalue weighted by atomic mass is 16.2. The zero-order chi connectivity index (χ0) is 19.1. The van der Waals surface area contributed by atoms with Gasteiger partial charge in [0.05, 0.1) is 0 Å². The van der Waals surface area contributed by atoms with Crippen molar-refractivity contribution in [1.82, 2.24) is 10.2 Å².